The molecule has 6 heteroatoms. The van der Waals surface area contributed by atoms with Gasteiger partial charge in [-0.1, -0.05) is 12.1 Å². The molecule has 2 aromatic rings. The van der Waals surface area contributed by atoms with E-state index in [4.69, 9.17) is 4.74 Å². The zero-order valence-electron chi connectivity index (χ0n) is 14.1. The average Bonchev–Trinajstić information content (AvgIpc) is 2.63. The summed E-state index contributed by atoms with van der Waals surface area (Å²) in [6.07, 6.45) is 0.425. The highest BCUT2D eigenvalue weighted by Gasteiger charge is 2.22. The zero-order valence-corrected chi connectivity index (χ0v) is 14.1. The second kappa shape index (κ2) is 7.29. The number of piperazine rings is 1. The number of rotatable bonds is 4. The predicted molar refractivity (Wildman–Crippen MR) is 92.3 cm³/mol. The van der Waals surface area contributed by atoms with E-state index in [-0.39, 0.29) is 5.91 Å². The fourth-order valence-corrected chi connectivity index (χ4v) is 2.78. The van der Waals surface area contributed by atoms with Crippen LogP contribution in [0.2, 0.25) is 0 Å². The lowest BCUT2D eigenvalue weighted by atomic mass is 10.1. The van der Waals surface area contributed by atoms with Crippen LogP contribution in [0.25, 0.3) is 0 Å². The molecule has 1 saturated heterocycles. The van der Waals surface area contributed by atoms with Crippen LogP contribution in [0.1, 0.15) is 11.3 Å². The first-order chi connectivity index (χ1) is 11.7. The Hall–Kier alpha value is -2.63. The summed E-state index contributed by atoms with van der Waals surface area (Å²) < 4.78 is 5.14. The lowest BCUT2D eigenvalue weighted by molar-refractivity contribution is -0.130. The third kappa shape index (κ3) is 3.82. The molecule has 1 amide bonds. The van der Waals surface area contributed by atoms with Crippen LogP contribution in [0, 0.1) is 6.92 Å². The van der Waals surface area contributed by atoms with Gasteiger partial charge in [-0.15, -0.1) is 5.10 Å². The van der Waals surface area contributed by atoms with Gasteiger partial charge >= 0.3 is 0 Å². The van der Waals surface area contributed by atoms with Crippen LogP contribution in [0.15, 0.2) is 36.4 Å². The Kier molecular flexibility index (Phi) is 4.93. The Morgan fingerprint density at radius 2 is 1.75 bits per heavy atom. The Morgan fingerprint density at radius 3 is 2.33 bits per heavy atom. The number of aryl methyl sites for hydroxylation is 1. The van der Waals surface area contributed by atoms with E-state index in [2.05, 4.69) is 15.1 Å². The van der Waals surface area contributed by atoms with E-state index in [0.29, 0.717) is 19.5 Å². The second-order valence-corrected chi connectivity index (χ2v) is 5.93. The average molecular weight is 326 g/mol. The van der Waals surface area contributed by atoms with Crippen LogP contribution < -0.4 is 9.64 Å². The molecule has 0 N–H and O–H groups in total. The number of aromatic nitrogens is 2. The topological polar surface area (TPSA) is 58.6 Å². The van der Waals surface area contributed by atoms with Gasteiger partial charge in [-0.2, -0.15) is 5.10 Å². The van der Waals surface area contributed by atoms with Crippen molar-refractivity contribution in [2.45, 2.75) is 13.3 Å². The van der Waals surface area contributed by atoms with Gasteiger partial charge in [0.15, 0.2) is 5.82 Å². The quantitative estimate of drug-likeness (QED) is 0.856. The fraction of sp³-hybridized carbons (Fsp3) is 0.389. The van der Waals surface area contributed by atoms with Crippen molar-refractivity contribution in [3.63, 3.8) is 0 Å². The minimum Gasteiger partial charge on any atom is -0.497 e. The third-order valence-electron chi connectivity index (χ3n) is 4.25. The van der Waals surface area contributed by atoms with Crippen LogP contribution in [0.4, 0.5) is 5.82 Å². The van der Waals surface area contributed by atoms with E-state index in [9.17, 15) is 4.79 Å². The molecule has 0 atom stereocenters. The van der Waals surface area contributed by atoms with Gasteiger partial charge < -0.3 is 14.5 Å². The van der Waals surface area contributed by atoms with Crippen LogP contribution in [0.5, 0.6) is 5.75 Å². The van der Waals surface area contributed by atoms with Gasteiger partial charge in [0, 0.05) is 26.2 Å². The van der Waals surface area contributed by atoms with Gasteiger partial charge in [-0.05, 0) is 36.8 Å². The molecule has 0 bridgehead atoms. The van der Waals surface area contributed by atoms with Crippen LogP contribution in [-0.4, -0.2) is 54.3 Å². The van der Waals surface area contributed by atoms with Crippen molar-refractivity contribution >= 4 is 11.7 Å². The standard InChI is InChI=1S/C18H22N4O2/c1-14-3-8-17(20-19-14)21-9-11-22(12-10-21)18(23)13-15-4-6-16(24-2)7-5-15/h3-8H,9-13H2,1-2H3. The van der Waals surface area contributed by atoms with Crippen molar-refractivity contribution in [2.75, 3.05) is 38.2 Å². The molecule has 1 aromatic carbocycles. The van der Waals surface area contributed by atoms with Gasteiger partial charge in [0.2, 0.25) is 5.91 Å². The fourth-order valence-electron chi connectivity index (χ4n) is 2.78. The van der Waals surface area contributed by atoms with Crippen molar-refractivity contribution in [2.24, 2.45) is 0 Å². The van der Waals surface area contributed by atoms with Gasteiger partial charge in [0.05, 0.1) is 19.2 Å². The lowest BCUT2D eigenvalue weighted by Crippen LogP contribution is -2.49. The number of nitrogens with zero attached hydrogens (tertiary/aromatic N) is 4. The molecule has 126 valence electrons. The summed E-state index contributed by atoms with van der Waals surface area (Å²) in [5.41, 5.74) is 1.92. The first-order valence-electron chi connectivity index (χ1n) is 8.11. The van der Waals surface area contributed by atoms with Gasteiger partial charge in [0.25, 0.3) is 0 Å². The Labute approximate surface area is 142 Å². The van der Waals surface area contributed by atoms with Gasteiger partial charge in [-0.3, -0.25) is 4.79 Å². The molecule has 3 rings (SSSR count). The number of anilines is 1. The van der Waals surface area contributed by atoms with Crippen molar-refractivity contribution in [3.8, 4) is 5.75 Å². The maximum absolute atomic E-state index is 12.5. The summed E-state index contributed by atoms with van der Waals surface area (Å²) in [6, 6.07) is 11.6. The monoisotopic (exact) mass is 326 g/mol. The molecule has 0 unspecified atom stereocenters. The molecule has 0 aliphatic carbocycles. The number of methoxy groups -OCH3 is 1. The largest absolute Gasteiger partial charge is 0.497 e. The summed E-state index contributed by atoms with van der Waals surface area (Å²) >= 11 is 0. The number of amides is 1. The van der Waals surface area contributed by atoms with Gasteiger partial charge in [-0.25, -0.2) is 0 Å². The van der Waals surface area contributed by atoms with Gasteiger partial charge in [0.1, 0.15) is 5.75 Å². The summed E-state index contributed by atoms with van der Waals surface area (Å²) in [6.45, 7) is 4.92. The molecule has 1 aliphatic heterocycles. The number of ether oxygens (including phenoxy) is 1. The van der Waals surface area contributed by atoms with Crippen LogP contribution >= 0.6 is 0 Å². The van der Waals surface area contributed by atoms with E-state index >= 15 is 0 Å². The second-order valence-electron chi connectivity index (χ2n) is 5.93. The highest BCUT2D eigenvalue weighted by atomic mass is 16.5. The summed E-state index contributed by atoms with van der Waals surface area (Å²) in [7, 11) is 1.64. The Morgan fingerprint density at radius 1 is 1.04 bits per heavy atom. The summed E-state index contributed by atoms with van der Waals surface area (Å²) in [4.78, 5) is 16.5. The number of benzene rings is 1. The molecule has 2 heterocycles. The molecule has 24 heavy (non-hydrogen) atoms. The number of carbonyl (C=O) groups is 1. The molecule has 0 spiro atoms. The smallest absolute Gasteiger partial charge is 0.227 e. The third-order valence-corrected chi connectivity index (χ3v) is 4.25. The highest BCUT2D eigenvalue weighted by Crippen LogP contribution is 2.15. The molecule has 1 aliphatic rings. The normalized spacial score (nSPS) is 14.6. The minimum atomic E-state index is 0.162. The van der Waals surface area contributed by atoms with E-state index in [0.717, 1.165) is 35.9 Å². The van der Waals surface area contributed by atoms with Crippen LogP contribution in [-0.2, 0) is 11.2 Å². The maximum atomic E-state index is 12.5. The van der Waals surface area contributed by atoms with E-state index in [1.165, 1.54) is 0 Å². The zero-order chi connectivity index (χ0) is 16.9. The molecule has 6 nitrogen and oxygen atoms in total. The molecular weight excluding hydrogens is 304 g/mol. The Bertz CT molecular complexity index is 677. The predicted octanol–water partition coefficient (Wildman–Crippen LogP) is 1.68. The first-order valence-corrected chi connectivity index (χ1v) is 8.11. The van der Waals surface area contributed by atoms with E-state index in [1.54, 1.807) is 7.11 Å². The van der Waals surface area contributed by atoms with E-state index < -0.39 is 0 Å². The number of hydrogen-bond donors (Lipinski definition) is 0. The molecule has 0 saturated carbocycles. The van der Waals surface area contributed by atoms with E-state index in [1.807, 2.05) is 48.2 Å². The molecule has 0 radical (unpaired) electrons. The Balaban J connectivity index is 1.53. The summed E-state index contributed by atoms with van der Waals surface area (Å²) in [5.74, 6) is 1.84. The first kappa shape index (κ1) is 16.2. The van der Waals surface area contributed by atoms with Crippen molar-refractivity contribution < 1.29 is 9.53 Å². The minimum absolute atomic E-state index is 0.162. The lowest BCUT2D eigenvalue weighted by Gasteiger charge is -2.35. The van der Waals surface area contributed by atoms with Crippen molar-refractivity contribution in [3.05, 3.63) is 47.7 Å². The van der Waals surface area contributed by atoms with Crippen LogP contribution in [0.3, 0.4) is 0 Å². The number of carbonyl (C=O) groups excluding carboxylic acids is 1. The maximum Gasteiger partial charge on any atom is 0.227 e. The molecule has 1 aromatic heterocycles. The molecular formula is C18H22N4O2. The van der Waals surface area contributed by atoms with Crippen molar-refractivity contribution in [1.29, 1.82) is 0 Å². The number of hydrogen-bond acceptors (Lipinski definition) is 5. The van der Waals surface area contributed by atoms with Crippen molar-refractivity contribution in [1.82, 2.24) is 15.1 Å². The summed E-state index contributed by atoms with van der Waals surface area (Å²) in [5, 5.41) is 8.31. The molecule has 1 fully saturated rings. The SMILES string of the molecule is COc1ccc(CC(=O)N2CCN(c3ccc(C)nn3)CC2)cc1. The highest BCUT2D eigenvalue weighted by molar-refractivity contribution is 5.79.